The second-order valence-electron chi connectivity index (χ2n) is 9.89. The quantitative estimate of drug-likeness (QED) is 0.303. The summed E-state index contributed by atoms with van der Waals surface area (Å²) in [6.45, 7) is 7.25. The number of thioether (sulfide) groups is 1. The summed E-state index contributed by atoms with van der Waals surface area (Å²) in [6.07, 6.45) is 2.52. The standard InChI is InChI=1S/C26H29ClN4O2SSi/c1-26(2,3)35(18-10-6-4-7-11-18,19-12-8-5-9-13-19)33-14-21-23(32)20(15-34-21)31-17-30-22-24(27)28-16-29-25(22)31/h4-13,16-17,20-21,23,32H,14-15H2,1-3H3/t20-,21-,23+/m1/s1. The third-order valence-electron chi connectivity index (χ3n) is 6.81. The first-order valence-corrected chi connectivity index (χ1v) is 15.0. The van der Waals surface area contributed by atoms with Gasteiger partial charge in [0, 0.05) is 12.4 Å². The summed E-state index contributed by atoms with van der Waals surface area (Å²) in [4.78, 5) is 12.8. The fourth-order valence-electron chi connectivity index (χ4n) is 5.09. The Morgan fingerprint density at radius 1 is 1.03 bits per heavy atom. The Morgan fingerprint density at radius 2 is 1.66 bits per heavy atom. The van der Waals surface area contributed by atoms with Gasteiger partial charge in [-0.2, -0.15) is 11.8 Å². The van der Waals surface area contributed by atoms with Gasteiger partial charge < -0.3 is 14.1 Å². The molecule has 0 aliphatic carbocycles. The molecule has 1 aliphatic heterocycles. The highest BCUT2D eigenvalue weighted by Crippen LogP contribution is 2.40. The molecule has 0 radical (unpaired) electrons. The average molecular weight is 525 g/mol. The van der Waals surface area contributed by atoms with Crippen LogP contribution in [0, 0.1) is 0 Å². The molecule has 0 bridgehead atoms. The number of aliphatic hydroxyl groups is 1. The molecule has 4 aromatic rings. The largest absolute Gasteiger partial charge is 0.406 e. The van der Waals surface area contributed by atoms with E-state index in [0.29, 0.717) is 22.9 Å². The lowest BCUT2D eigenvalue weighted by atomic mass is 10.1. The zero-order valence-corrected chi connectivity index (χ0v) is 22.6. The van der Waals surface area contributed by atoms with E-state index in [4.69, 9.17) is 16.0 Å². The van der Waals surface area contributed by atoms with Crippen molar-refractivity contribution < 1.29 is 9.53 Å². The minimum absolute atomic E-state index is 0.0728. The predicted molar refractivity (Wildman–Crippen MR) is 145 cm³/mol. The minimum atomic E-state index is -2.67. The van der Waals surface area contributed by atoms with E-state index in [1.54, 1.807) is 18.1 Å². The van der Waals surface area contributed by atoms with Crippen molar-refractivity contribution in [3.05, 3.63) is 78.5 Å². The summed E-state index contributed by atoms with van der Waals surface area (Å²) >= 11 is 7.92. The molecule has 6 nitrogen and oxygen atoms in total. The van der Waals surface area contributed by atoms with Crippen molar-refractivity contribution >= 4 is 53.2 Å². The van der Waals surface area contributed by atoms with Crippen LogP contribution in [0.25, 0.3) is 11.2 Å². The van der Waals surface area contributed by atoms with E-state index in [2.05, 4.69) is 84.3 Å². The van der Waals surface area contributed by atoms with Crippen molar-refractivity contribution in [2.45, 2.75) is 43.2 Å². The van der Waals surface area contributed by atoms with Crippen molar-refractivity contribution in [3.63, 3.8) is 0 Å². The molecule has 2 aromatic heterocycles. The van der Waals surface area contributed by atoms with Gasteiger partial charge in [0.05, 0.1) is 23.7 Å². The lowest BCUT2D eigenvalue weighted by Gasteiger charge is -2.43. The molecule has 0 amide bonds. The summed E-state index contributed by atoms with van der Waals surface area (Å²) in [5.74, 6) is 0.739. The first-order chi connectivity index (χ1) is 16.8. The Balaban J connectivity index is 1.45. The molecule has 0 unspecified atom stereocenters. The molecule has 1 fully saturated rings. The fraction of sp³-hybridized carbons (Fsp3) is 0.346. The van der Waals surface area contributed by atoms with E-state index in [0.717, 1.165) is 5.75 Å². The van der Waals surface area contributed by atoms with Gasteiger partial charge >= 0.3 is 0 Å². The van der Waals surface area contributed by atoms with E-state index in [1.807, 2.05) is 16.7 Å². The maximum Gasteiger partial charge on any atom is 0.261 e. The first-order valence-electron chi connectivity index (χ1n) is 11.7. The number of aliphatic hydroxyl groups excluding tert-OH is 1. The van der Waals surface area contributed by atoms with Gasteiger partial charge in [-0.15, -0.1) is 0 Å². The lowest BCUT2D eigenvalue weighted by molar-refractivity contribution is 0.111. The summed E-state index contributed by atoms with van der Waals surface area (Å²) < 4.78 is 9.00. The van der Waals surface area contributed by atoms with Crippen LogP contribution in [0.15, 0.2) is 73.3 Å². The summed E-state index contributed by atoms with van der Waals surface area (Å²) in [6, 6.07) is 21.0. The van der Waals surface area contributed by atoms with Crippen LogP contribution in [0.4, 0.5) is 0 Å². The van der Waals surface area contributed by atoms with E-state index in [-0.39, 0.29) is 16.3 Å². The Hall–Kier alpha value is -2.23. The van der Waals surface area contributed by atoms with Gasteiger partial charge in [0.15, 0.2) is 10.8 Å². The molecular formula is C26H29ClN4O2SSi. The van der Waals surface area contributed by atoms with Gasteiger partial charge in [0.2, 0.25) is 0 Å². The number of imidazole rings is 1. The number of fused-ring (bicyclic) bond motifs is 1. The van der Waals surface area contributed by atoms with Gasteiger partial charge in [-0.05, 0) is 15.4 Å². The molecule has 0 spiro atoms. The Bertz CT molecular complexity index is 1260. The van der Waals surface area contributed by atoms with E-state index in [9.17, 15) is 5.11 Å². The van der Waals surface area contributed by atoms with Gasteiger partial charge in [-0.25, -0.2) is 15.0 Å². The van der Waals surface area contributed by atoms with Crippen LogP contribution < -0.4 is 10.4 Å². The highest BCUT2D eigenvalue weighted by molar-refractivity contribution is 8.00. The molecule has 3 heterocycles. The van der Waals surface area contributed by atoms with Gasteiger partial charge in [0.1, 0.15) is 11.8 Å². The average Bonchev–Trinajstić information content (AvgIpc) is 3.44. The number of hydrogen-bond donors (Lipinski definition) is 1. The molecule has 9 heteroatoms. The maximum absolute atomic E-state index is 11.4. The molecule has 2 aromatic carbocycles. The number of nitrogens with zero attached hydrogens (tertiary/aromatic N) is 4. The second-order valence-corrected chi connectivity index (χ2v) is 15.8. The van der Waals surface area contributed by atoms with Crippen molar-refractivity contribution in [1.82, 2.24) is 19.5 Å². The molecule has 1 N–H and O–H groups in total. The number of rotatable bonds is 6. The molecule has 3 atom stereocenters. The maximum atomic E-state index is 11.4. The lowest BCUT2D eigenvalue weighted by Crippen LogP contribution is -2.67. The molecular weight excluding hydrogens is 496 g/mol. The smallest absolute Gasteiger partial charge is 0.261 e. The van der Waals surface area contributed by atoms with Crippen LogP contribution in [0.5, 0.6) is 0 Å². The Labute approximate surface area is 215 Å². The van der Waals surface area contributed by atoms with Crippen molar-refractivity contribution in [1.29, 1.82) is 0 Å². The highest BCUT2D eigenvalue weighted by Gasteiger charge is 2.51. The summed E-state index contributed by atoms with van der Waals surface area (Å²) in [5.41, 5.74) is 1.20. The Kier molecular flexibility index (Phi) is 6.76. The van der Waals surface area contributed by atoms with Gasteiger partial charge in [-0.3, -0.25) is 0 Å². The molecule has 0 saturated carbocycles. The zero-order chi connectivity index (χ0) is 24.6. The van der Waals surface area contributed by atoms with Crippen LogP contribution in [-0.4, -0.2) is 56.7 Å². The fourth-order valence-corrected chi connectivity index (χ4v) is 11.3. The predicted octanol–water partition coefficient (Wildman–Crippen LogP) is 4.07. The minimum Gasteiger partial charge on any atom is -0.406 e. The SMILES string of the molecule is CC(C)(C)[Si](OC[C@H]1SC[C@@H](n2cnc3c(Cl)ncnc32)[C@@H]1O)(c1ccccc1)c1ccccc1. The first kappa shape index (κ1) is 24.5. The molecule has 35 heavy (non-hydrogen) atoms. The van der Waals surface area contributed by atoms with Crippen molar-refractivity contribution in [3.8, 4) is 0 Å². The number of halogens is 1. The number of hydrogen-bond acceptors (Lipinski definition) is 6. The van der Waals surface area contributed by atoms with Gasteiger partial charge in [0.25, 0.3) is 8.32 Å². The number of benzene rings is 2. The third kappa shape index (κ3) is 4.31. The van der Waals surface area contributed by atoms with E-state index < -0.39 is 14.4 Å². The Morgan fingerprint density at radius 3 is 2.26 bits per heavy atom. The third-order valence-corrected chi connectivity index (χ3v) is 13.5. The van der Waals surface area contributed by atoms with Crippen LogP contribution in [0.3, 0.4) is 0 Å². The summed E-state index contributed by atoms with van der Waals surface area (Å²) in [7, 11) is -2.67. The molecule has 1 saturated heterocycles. The summed E-state index contributed by atoms with van der Waals surface area (Å²) in [5, 5.41) is 14.0. The van der Waals surface area contributed by atoms with Crippen LogP contribution in [0.1, 0.15) is 26.8 Å². The molecule has 1 aliphatic rings. The van der Waals surface area contributed by atoms with Gasteiger partial charge in [-0.1, -0.05) is 93.0 Å². The second kappa shape index (κ2) is 9.67. The van der Waals surface area contributed by atoms with E-state index >= 15 is 0 Å². The molecule has 182 valence electrons. The number of aromatic nitrogens is 4. The normalized spacial score (nSPS) is 21.0. The van der Waals surface area contributed by atoms with Crippen LogP contribution in [0.2, 0.25) is 10.2 Å². The van der Waals surface area contributed by atoms with Crippen LogP contribution in [-0.2, 0) is 4.43 Å². The van der Waals surface area contributed by atoms with E-state index in [1.165, 1.54) is 16.7 Å². The van der Waals surface area contributed by atoms with Crippen LogP contribution >= 0.6 is 23.4 Å². The van der Waals surface area contributed by atoms with Crippen molar-refractivity contribution in [2.75, 3.05) is 12.4 Å². The molecule has 5 rings (SSSR count). The zero-order valence-electron chi connectivity index (χ0n) is 20.0. The highest BCUT2D eigenvalue weighted by atomic mass is 35.5. The van der Waals surface area contributed by atoms with Crippen molar-refractivity contribution in [2.24, 2.45) is 0 Å². The monoisotopic (exact) mass is 524 g/mol. The topological polar surface area (TPSA) is 73.1 Å².